The molecule has 1 saturated heterocycles. The summed E-state index contributed by atoms with van der Waals surface area (Å²) < 4.78 is 8.71. The first-order valence-electron chi connectivity index (χ1n) is 8.26. The highest BCUT2D eigenvalue weighted by Crippen LogP contribution is 2.16. The Morgan fingerprint density at radius 3 is 3.04 bits per heavy atom. The van der Waals surface area contributed by atoms with E-state index in [2.05, 4.69) is 10.4 Å². The molecule has 0 aliphatic carbocycles. The smallest absolute Gasteiger partial charge is 0.289 e. The topological polar surface area (TPSA) is 84.8 Å². The van der Waals surface area contributed by atoms with E-state index in [1.807, 2.05) is 17.8 Å². The molecule has 3 aromatic heterocycles. The van der Waals surface area contributed by atoms with Crippen molar-refractivity contribution in [3.8, 4) is 0 Å². The van der Waals surface area contributed by atoms with Crippen LogP contribution < -0.4 is 5.32 Å². The van der Waals surface area contributed by atoms with Gasteiger partial charge in [-0.15, -0.1) is 0 Å². The van der Waals surface area contributed by atoms with Crippen LogP contribution in [-0.4, -0.2) is 50.0 Å². The Bertz CT molecular complexity index is 908. The second-order valence-corrected chi connectivity index (χ2v) is 6.28. The molecular formula is C17H19N5O3. The summed E-state index contributed by atoms with van der Waals surface area (Å²) in [4.78, 5) is 26.8. The maximum atomic E-state index is 12.6. The molecule has 1 atom stereocenters. The lowest BCUT2D eigenvalue weighted by atomic mass is 10.0. The van der Waals surface area contributed by atoms with Crippen molar-refractivity contribution in [2.45, 2.75) is 18.9 Å². The Labute approximate surface area is 144 Å². The van der Waals surface area contributed by atoms with Gasteiger partial charge in [-0.2, -0.15) is 5.10 Å². The zero-order valence-corrected chi connectivity index (χ0v) is 13.9. The van der Waals surface area contributed by atoms with E-state index < -0.39 is 0 Å². The van der Waals surface area contributed by atoms with Gasteiger partial charge in [-0.1, -0.05) is 0 Å². The van der Waals surface area contributed by atoms with Crippen LogP contribution in [0.1, 0.15) is 33.8 Å². The predicted molar refractivity (Wildman–Crippen MR) is 89.3 cm³/mol. The van der Waals surface area contributed by atoms with Crippen molar-refractivity contribution in [3.63, 3.8) is 0 Å². The number of hydrogen-bond acceptors (Lipinski definition) is 4. The Morgan fingerprint density at radius 2 is 2.24 bits per heavy atom. The number of nitrogens with one attached hydrogen (secondary N) is 1. The Kier molecular flexibility index (Phi) is 3.79. The van der Waals surface area contributed by atoms with Gasteiger partial charge in [0.1, 0.15) is 11.2 Å². The van der Waals surface area contributed by atoms with Crippen molar-refractivity contribution >= 4 is 17.5 Å². The molecule has 0 saturated carbocycles. The number of fused-ring (bicyclic) bond motifs is 1. The highest BCUT2D eigenvalue weighted by Gasteiger charge is 2.27. The summed E-state index contributed by atoms with van der Waals surface area (Å²) in [5, 5.41) is 7.22. The third kappa shape index (κ3) is 2.79. The second kappa shape index (κ2) is 6.12. The van der Waals surface area contributed by atoms with E-state index >= 15 is 0 Å². The number of aromatic nitrogens is 3. The number of furan rings is 1. The van der Waals surface area contributed by atoms with Crippen LogP contribution in [-0.2, 0) is 7.05 Å². The molecule has 1 fully saturated rings. The summed E-state index contributed by atoms with van der Waals surface area (Å²) in [7, 11) is 1.87. The molecule has 1 aliphatic rings. The van der Waals surface area contributed by atoms with Crippen molar-refractivity contribution in [3.05, 3.63) is 48.3 Å². The molecule has 3 aromatic rings. The minimum Gasteiger partial charge on any atom is -0.459 e. The quantitative estimate of drug-likeness (QED) is 0.778. The van der Waals surface area contributed by atoms with Gasteiger partial charge in [-0.3, -0.25) is 9.59 Å². The van der Waals surface area contributed by atoms with Gasteiger partial charge in [-0.05, 0) is 25.0 Å². The van der Waals surface area contributed by atoms with Crippen molar-refractivity contribution < 1.29 is 14.0 Å². The zero-order valence-electron chi connectivity index (χ0n) is 13.9. The molecule has 8 nitrogen and oxygen atoms in total. The summed E-state index contributed by atoms with van der Waals surface area (Å²) in [5.41, 5.74) is 1.28. The Hall–Kier alpha value is -3.03. The third-order valence-corrected chi connectivity index (χ3v) is 4.56. The van der Waals surface area contributed by atoms with Gasteiger partial charge in [0.2, 0.25) is 0 Å². The Balaban J connectivity index is 1.46. The molecule has 0 aromatic carbocycles. The number of imidazole rings is 1. The minimum absolute atomic E-state index is 0.0876. The molecule has 1 N–H and O–H groups in total. The average Bonchev–Trinajstić information content (AvgIpc) is 3.33. The average molecular weight is 341 g/mol. The highest BCUT2D eigenvalue weighted by atomic mass is 16.3. The number of carbonyl (C=O) groups excluding carboxylic acids is 2. The van der Waals surface area contributed by atoms with Crippen LogP contribution in [0.15, 0.2) is 41.4 Å². The molecule has 2 amide bonds. The first kappa shape index (κ1) is 15.5. The molecule has 130 valence electrons. The molecule has 1 unspecified atom stereocenters. The molecule has 4 rings (SSSR count). The van der Waals surface area contributed by atoms with Gasteiger partial charge < -0.3 is 19.2 Å². The van der Waals surface area contributed by atoms with E-state index in [0.29, 0.717) is 24.4 Å². The van der Waals surface area contributed by atoms with Gasteiger partial charge in [0, 0.05) is 38.6 Å². The number of amides is 2. The van der Waals surface area contributed by atoms with Gasteiger partial charge in [0.15, 0.2) is 5.76 Å². The lowest BCUT2D eigenvalue weighted by Gasteiger charge is -2.32. The molecule has 0 spiro atoms. The first-order chi connectivity index (χ1) is 12.1. The largest absolute Gasteiger partial charge is 0.459 e. The summed E-state index contributed by atoms with van der Waals surface area (Å²) in [6.07, 6.45) is 8.39. The summed E-state index contributed by atoms with van der Waals surface area (Å²) in [6.45, 7) is 1.14. The standard InChI is InChI=1S/C17H19N5O3/c1-20-7-8-22-16(20)13(10-18-22)15(23)19-12-4-2-6-21(11-12)17(24)14-5-3-9-25-14/h3,5,7-10,12H,2,4,6,11H2,1H3,(H,19,23). The fraction of sp³-hybridized carbons (Fsp3) is 0.353. The van der Waals surface area contributed by atoms with Gasteiger partial charge >= 0.3 is 0 Å². The lowest BCUT2D eigenvalue weighted by molar-refractivity contribution is 0.0647. The lowest BCUT2D eigenvalue weighted by Crippen LogP contribution is -2.49. The minimum atomic E-state index is -0.172. The van der Waals surface area contributed by atoms with Crippen LogP contribution in [0.2, 0.25) is 0 Å². The maximum absolute atomic E-state index is 12.6. The van der Waals surface area contributed by atoms with Gasteiger partial charge in [0.05, 0.1) is 12.5 Å². The second-order valence-electron chi connectivity index (χ2n) is 6.28. The van der Waals surface area contributed by atoms with E-state index in [9.17, 15) is 9.59 Å². The SMILES string of the molecule is Cn1ccn2ncc(C(=O)NC3CCCN(C(=O)c4ccco4)C3)c12. The number of piperidine rings is 1. The van der Waals surface area contributed by atoms with E-state index in [1.165, 1.54) is 6.26 Å². The number of rotatable bonds is 3. The van der Waals surface area contributed by atoms with Gasteiger partial charge in [0.25, 0.3) is 11.8 Å². The fourth-order valence-electron chi connectivity index (χ4n) is 3.31. The van der Waals surface area contributed by atoms with Crippen LogP contribution in [0.5, 0.6) is 0 Å². The zero-order chi connectivity index (χ0) is 17.4. The number of carbonyl (C=O) groups is 2. The van der Waals surface area contributed by atoms with E-state index in [4.69, 9.17) is 4.42 Å². The van der Waals surface area contributed by atoms with Crippen LogP contribution in [0.3, 0.4) is 0 Å². The maximum Gasteiger partial charge on any atom is 0.289 e. The van der Waals surface area contributed by atoms with Crippen LogP contribution in [0.25, 0.3) is 5.65 Å². The first-order valence-corrected chi connectivity index (χ1v) is 8.26. The van der Waals surface area contributed by atoms with Crippen LogP contribution in [0.4, 0.5) is 0 Å². The summed E-state index contributed by atoms with van der Waals surface area (Å²) in [5.74, 6) is 0.0162. The predicted octanol–water partition coefficient (Wildman–Crippen LogP) is 1.30. The summed E-state index contributed by atoms with van der Waals surface area (Å²) >= 11 is 0. The van der Waals surface area contributed by atoms with Crippen molar-refractivity contribution in [2.75, 3.05) is 13.1 Å². The molecule has 25 heavy (non-hydrogen) atoms. The molecular weight excluding hydrogens is 322 g/mol. The molecule has 8 heteroatoms. The number of aryl methyl sites for hydroxylation is 1. The monoisotopic (exact) mass is 341 g/mol. The fourth-order valence-corrected chi connectivity index (χ4v) is 3.31. The number of hydrogen-bond donors (Lipinski definition) is 1. The molecule has 1 aliphatic heterocycles. The van der Waals surface area contributed by atoms with E-state index in [1.54, 1.807) is 33.9 Å². The van der Waals surface area contributed by atoms with Crippen molar-refractivity contribution in [2.24, 2.45) is 7.05 Å². The highest BCUT2D eigenvalue weighted by molar-refractivity contribution is 6.00. The summed E-state index contributed by atoms with van der Waals surface area (Å²) in [6, 6.07) is 3.26. The normalized spacial score (nSPS) is 17.8. The van der Waals surface area contributed by atoms with E-state index in [-0.39, 0.29) is 17.9 Å². The molecule has 0 bridgehead atoms. The van der Waals surface area contributed by atoms with Crippen LogP contribution >= 0.6 is 0 Å². The number of nitrogens with zero attached hydrogens (tertiary/aromatic N) is 4. The van der Waals surface area contributed by atoms with Gasteiger partial charge in [-0.25, -0.2) is 4.52 Å². The van der Waals surface area contributed by atoms with Crippen molar-refractivity contribution in [1.82, 2.24) is 24.4 Å². The Morgan fingerprint density at radius 1 is 1.36 bits per heavy atom. The van der Waals surface area contributed by atoms with Crippen molar-refractivity contribution in [1.29, 1.82) is 0 Å². The third-order valence-electron chi connectivity index (χ3n) is 4.56. The molecule has 4 heterocycles. The van der Waals surface area contributed by atoms with Crippen LogP contribution in [0, 0.1) is 0 Å². The molecule has 0 radical (unpaired) electrons. The number of likely N-dealkylation sites (tertiary alicyclic amines) is 1. The van der Waals surface area contributed by atoms with E-state index in [0.717, 1.165) is 18.5 Å².